The maximum absolute atomic E-state index is 12.8. The van der Waals surface area contributed by atoms with Crippen molar-refractivity contribution in [2.24, 2.45) is 0 Å². The molecule has 1 aliphatic rings. The first-order valence-electron chi connectivity index (χ1n) is 9.98. The van der Waals surface area contributed by atoms with Gasteiger partial charge in [0.25, 0.3) is 5.91 Å². The lowest BCUT2D eigenvalue weighted by Gasteiger charge is -2.14. The Labute approximate surface area is 168 Å². The van der Waals surface area contributed by atoms with Crippen LogP contribution in [0, 0.1) is 0 Å². The Morgan fingerprint density at radius 3 is 2.72 bits per heavy atom. The average Bonchev–Trinajstić information content (AvgIpc) is 3.49. The Kier molecular flexibility index (Phi) is 4.56. The molecule has 4 aromatic rings. The van der Waals surface area contributed by atoms with Crippen molar-refractivity contribution in [2.45, 2.75) is 38.3 Å². The smallest absolute Gasteiger partial charge is 0.258 e. The van der Waals surface area contributed by atoms with Crippen LogP contribution in [0.3, 0.4) is 0 Å². The topological polar surface area (TPSA) is 77.6 Å². The normalized spacial score (nSPS) is 14.5. The summed E-state index contributed by atoms with van der Waals surface area (Å²) in [5.41, 5.74) is 2.43. The van der Waals surface area contributed by atoms with Crippen LogP contribution in [-0.4, -0.2) is 30.5 Å². The zero-order valence-electron chi connectivity index (χ0n) is 16.0. The molecule has 146 valence electrons. The van der Waals surface area contributed by atoms with E-state index in [0.717, 1.165) is 35.3 Å². The predicted octanol–water partition coefficient (Wildman–Crippen LogP) is 4.04. The van der Waals surface area contributed by atoms with Crippen LogP contribution < -0.4 is 5.32 Å². The molecule has 0 aliphatic heterocycles. The molecule has 1 fully saturated rings. The second kappa shape index (κ2) is 7.50. The van der Waals surface area contributed by atoms with Crippen LogP contribution in [-0.2, 0) is 6.54 Å². The Balaban J connectivity index is 1.36. The zero-order valence-corrected chi connectivity index (χ0v) is 16.0. The second-order valence-corrected chi connectivity index (χ2v) is 7.48. The van der Waals surface area contributed by atoms with E-state index < -0.39 is 0 Å². The van der Waals surface area contributed by atoms with Gasteiger partial charge in [-0.25, -0.2) is 14.3 Å². The molecule has 5 rings (SSSR count). The third kappa shape index (κ3) is 3.51. The van der Waals surface area contributed by atoms with Gasteiger partial charge in [0.05, 0.1) is 30.5 Å². The summed E-state index contributed by atoms with van der Waals surface area (Å²) in [5.74, 6) is 0.553. The highest BCUT2D eigenvalue weighted by Gasteiger charge is 2.21. The maximum Gasteiger partial charge on any atom is 0.258 e. The molecule has 0 spiro atoms. The van der Waals surface area contributed by atoms with E-state index in [-0.39, 0.29) is 5.91 Å². The van der Waals surface area contributed by atoms with E-state index in [9.17, 15) is 4.79 Å². The van der Waals surface area contributed by atoms with Gasteiger partial charge in [-0.15, -0.1) is 0 Å². The fraction of sp³-hybridized carbons (Fsp3) is 0.273. The number of nitrogens with one attached hydrogen (secondary N) is 1. The van der Waals surface area contributed by atoms with Crippen molar-refractivity contribution in [3.63, 3.8) is 0 Å². The lowest BCUT2D eigenvalue weighted by atomic mass is 10.2. The lowest BCUT2D eigenvalue weighted by molar-refractivity contribution is 0.102. The van der Waals surface area contributed by atoms with E-state index in [1.54, 1.807) is 18.6 Å². The van der Waals surface area contributed by atoms with Crippen molar-refractivity contribution in [3.05, 3.63) is 72.2 Å². The summed E-state index contributed by atoms with van der Waals surface area (Å²) in [6.07, 6.45) is 9.75. The van der Waals surface area contributed by atoms with Crippen LogP contribution in [0.1, 0.15) is 47.6 Å². The van der Waals surface area contributed by atoms with Gasteiger partial charge in [0.15, 0.2) is 5.65 Å². The van der Waals surface area contributed by atoms with Gasteiger partial charge in [-0.3, -0.25) is 4.79 Å². The van der Waals surface area contributed by atoms with Crippen molar-refractivity contribution in [1.82, 2.24) is 24.5 Å². The third-order valence-corrected chi connectivity index (χ3v) is 5.50. The zero-order chi connectivity index (χ0) is 19.6. The van der Waals surface area contributed by atoms with Gasteiger partial charge in [0.2, 0.25) is 0 Å². The van der Waals surface area contributed by atoms with E-state index >= 15 is 0 Å². The summed E-state index contributed by atoms with van der Waals surface area (Å²) in [4.78, 5) is 17.3. The monoisotopic (exact) mass is 386 g/mol. The highest BCUT2D eigenvalue weighted by Crippen LogP contribution is 2.31. The summed E-state index contributed by atoms with van der Waals surface area (Å²) in [6.45, 7) is 0.642. The molecule has 1 aliphatic carbocycles. The molecule has 3 aromatic heterocycles. The van der Waals surface area contributed by atoms with Crippen LogP contribution in [0.4, 0.5) is 5.82 Å². The summed E-state index contributed by atoms with van der Waals surface area (Å²) in [7, 11) is 0. The summed E-state index contributed by atoms with van der Waals surface area (Å²) < 4.78 is 3.79. The largest absolute Gasteiger partial charge is 0.307 e. The Bertz CT molecular complexity index is 1140. The number of nitrogens with zero attached hydrogens (tertiary/aromatic N) is 5. The van der Waals surface area contributed by atoms with E-state index in [1.807, 2.05) is 39.7 Å². The lowest BCUT2D eigenvalue weighted by Crippen LogP contribution is -2.18. The van der Waals surface area contributed by atoms with Gasteiger partial charge in [-0.2, -0.15) is 10.2 Å². The first kappa shape index (κ1) is 17.6. The minimum Gasteiger partial charge on any atom is -0.307 e. The number of aromatic nitrogens is 5. The minimum atomic E-state index is -0.185. The maximum atomic E-state index is 12.8. The molecule has 0 radical (unpaired) electrons. The van der Waals surface area contributed by atoms with E-state index in [1.165, 1.54) is 12.8 Å². The predicted molar refractivity (Wildman–Crippen MR) is 111 cm³/mol. The fourth-order valence-corrected chi connectivity index (χ4v) is 4.01. The van der Waals surface area contributed by atoms with Gasteiger partial charge in [0.1, 0.15) is 5.82 Å². The van der Waals surface area contributed by atoms with Crippen molar-refractivity contribution in [3.8, 4) is 0 Å². The van der Waals surface area contributed by atoms with Crippen LogP contribution in [0.25, 0.3) is 11.0 Å². The molecule has 29 heavy (non-hydrogen) atoms. The number of carbonyl (C=O) groups excluding carboxylic acids is 1. The van der Waals surface area contributed by atoms with Crippen molar-refractivity contribution in [2.75, 3.05) is 5.32 Å². The minimum absolute atomic E-state index is 0.185. The molecule has 0 saturated heterocycles. The number of hydrogen-bond donors (Lipinski definition) is 1. The summed E-state index contributed by atoms with van der Waals surface area (Å²) in [5, 5.41) is 12.7. The Hall–Kier alpha value is -3.48. The van der Waals surface area contributed by atoms with Crippen molar-refractivity contribution in [1.29, 1.82) is 0 Å². The molecule has 7 heteroatoms. The van der Waals surface area contributed by atoms with Crippen LogP contribution in [0.5, 0.6) is 0 Å². The molecule has 1 amide bonds. The van der Waals surface area contributed by atoms with Crippen LogP contribution >= 0.6 is 0 Å². The van der Waals surface area contributed by atoms with E-state index in [4.69, 9.17) is 0 Å². The highest BCUT2D eigenvalue weighted by atomic mass is 16.1. The van der Waals surface area contributed by atoms with Gasteiger partial charge >= 0.3 is 0 Å². The molecule has 0 unspecified atom stereocenters. The molecule has 1 saturated carbocycles. The third-order valence-electron chi connectivity index (χ3n) is 5.50. The first-order chi connectivity index (χ1) is 14.3. The Morgan fingerprint density at radius 1 is 1.07 bits per heavy atom. The first-order valence-corrected chi connectivity index (χ1v) is 9.98. The molecule has 1 aromatic carbocycles. The SMILES string of the molecule is O=C(Nc1ccnn1C1CCCC1)c1cnc2c(cnn2Cc2ccccc2)c1. The van der Waals surface area contributed by atoms with Gasteiger partial charge in [-0.05, 0) is 24.5 Å². The van der Waals surface area contributed by atoms with Gasteiger partial charge in [-0.1, -0.05) is 43.2 Å². The standard InChI is InChI=1S/C22H22N6O/c29-22(26-20-10-11-24-28(20)19-8-4-5-9-19)18-12-17-14-25-27(21(17)23-13-18)15-16-6-2-1-3-7-16/h1-3,6-7,10-14,19H,4-5,8-9,15H2,(H,26,29). The van der Waals surface area contributed by atoms with Crippen molar-refractivity contribution >= 4 is 22.8 Å². The van der Waals surface area contributed by atoms with Gasteiger partial charge < -0.3 is 5.32 Å². The molecule has 3 heterocycles. The quantitative estimate of drug-likeness (QED) is 0.561. The summed E-state index contributed by atoms with van der Waals surface area (Å²) >= 11 is 0. The second-order valence-electron chi connectivity index (χ2n) is 7.48. The van der Waals surface area contributed by atoms with Gasteiger partial charge in [0, 0.05) is 17.6 Å². The van der Waals surface area contributed by atoms with E-state index in [2.05, 4.69) is 32.6 Å². The molecule has 1 N–H and O–H groups in total. The number of anilines is 1. The number of hydrogen-bond acceptors (Lipinski definition) is 4. The number of pyridine rings is 1. The number of fused-ring (bicyclic) bond motifs is 1. The van der Waals surface area contributed by atoms with Crippen LogP contribution in [0.15, 0.2) is 61.1 Å². The van der Waals surface area contributed by atoms with Crippen LogP contribution in [0.2, 0.25) is 0 Å². The number of carbonyl (C=O) groups is 1. The molecular weight excluding hydrogens is 364 g/mol. The average molecular weight is 386 g/mol. The molecule has 0 bridgehead atoms. The highest BCUT2D eigenvalue weighted by molar-refractivity contribution is 6.05. The van der Waals surface area contributed by atoms with Crippen molar-refractivity contribution < 1.29 is 4.79 Å². The number of amides is 1. The summed E-state index contributed by atoms with van der Waals surface area (Å²) in [6, 6.07) is 14.2. The number of rotatable bonds is 5. The fourth-order valence-electron chi connectivity index (χ4n) is 4.01. The molecule has 7 nitrogen and oxygen atoms in total. The Morgan fingerprint density at radius 2 is 1.90 bits per heavy atom. The molecular formula is C22H22N6O. The number of benzene rings is 1. The molecule has 0 atom stereocenters. The van der Waals surface area contributed by atoms with E-state index in [0.29, 0.717) is 18.2 Å².